The third kappa shape index (κ3) is 3.45. The first-order chi connectivity index (χ1) is 13.5. The molecule has 3 aromatic carbocycles. The molecule has 0 fully saturated rings. The number of anilines is 1. The van der Waals surface area contributed by atoms with Crippen molar-refractivity contribution in [2.75, 3.05) is 11.9 Å². The highest BCUT2D eigenvalue weighted by atomic mass is 19.1. The van der Waals surface area contributed by atoms with E-state index >= 15 is 0 Å². The predicted octanol–water partition coefficient (Wildman–Crippen LogP) is 5.28. The maximum Gasteiger partial charge on any atom is 0.322 e. The van der Waals surface area contributed by atoms with Crippen molar-refractivity contribution in [3.63, 3.8) is 0 Å². The number of nitrogens with one attached hydrogen (secondary N) is 1. The van der Waals surface area contributed by atoms with Crippen molar-refractivity contribution in [2.45, 2.75) is 12.5 Å². The largest absolute Gasteiger partial charge is 0.322 e. The molecule has 4 rings (SSSR count). The van der Waals surface area contributed by atoms with Gasteiger partial charge in [0.25, 0.3) is 0 Å². The van der Waals surface area contributed by atoms with Crippen LogP contribution in [0.2, 0.25) is 0 Å². The predicted molar refractivity (Wildman–Crippen MR) is 100 cm³/mol. The minimum Gasteiger partial charge on any atom is -0.313 e. The molecule has 3 aromatic rings. The summed E-state index contributed by atoms with van der Waals surface area (Å²) in [5.74, 6) is -1.73. The molecule has 0 unspecified atom stereocenters. The molecule has 0 radical (unpaired) electrons. The lowest BCUT2D eigenvalue weighted by atomic mass is 9.88. The second-order valence-electron chi connectivity index (χ2n) is 6.65. The maximum atomic E-state index is 14.0. The fourth-order valence-electron chi connectivity index (χ4n) is 3.57. The quantitative estimate of drug-likeness (QED) is 0.642. The van der Waals surface area contributed by atoms with E-state index in [1.807, 2.05) is 24.3 Å². The molecule has 0 saturated carbocycles. The highest BCUT2D eigenvalue weighted by molar-refractivity contribution is 5.90. The zero-order chi connectivity index (χ0) is 19.7. The first-order valence-corrected chi connectivity index (χ1v) is 8.89. The zero-order valence-electron chi connectivity index (χ0n) is 14.8. The summed E-state index contributed by atoms with van der Waals surface area (Å²) in [6.45, 7) is 0.391. The van der Waals surface area contributed by atoms with E-state index in [0.717, 1.165) is 34.9 Å². The lowest BCUT2D eigenvalue weighted by Crippen LogP contribution is -2.43. The van der Waals surface area contributed by atoms with Gasteiger partial charge in [0.1, 0.15) is 17.5 Å². The molecule has 142 valence electrons. The Morgan fingerprint density at radius 2 is 1.64 bits per heavy atom. The molecule has 1 aliphatic heterocycles. The minimum absolute atomic E-state index is 0.221. The lowest BCUT2D eigenvalue weighted by Gasteiger charge is -2.37. The number of halogens is 3. The molecule has 28 heavy (non-hydrogen) atoms. The van der Waals surface area contributed by atoms with E-state index in [1.165, 1.54) is 12.1 Å². The van der Waals surface area contributed by atoms with Gasteiger partial charge in [0.2, 0.25) is 0 Å². The molecule has 3 nitrogen and oxygen atoms in total. The van der Waals surface area contributed by atoms with E-state index in [0.29, 0.717) is 13.0 Å². The van der Waals surface area contributed by atoms with Crippen molar-refractivity contribution in [1.29, 1.82) is 0 Å². The Kier molecular flexibility index (Phi) is 4.77. The topological polar surface area (TPSA) is 32.3 Å². The number of benzene rings is 3. The Labute approximate surface area is 160 Å². The molecule has 0 aliphatic carbocycles. The number of fused-ring (bicyclic) bond motifs is 1. The normalized spacial score (nSPS) is 15.8. The highest BCUT2D eigenvalue weighted by Crippen LogP contribution is 2.35. The molecule has 0 saturated heterocycles. The van der Waals surface area contributed by atoms with Crippen molar-refractivity contribution in [2.24, 2.45) is 0 Å². The van der Waals surface area contributed by atoms with Gasteiger partial charge in [-0.25, -0.2) is 18.0 Å². The van der Waals surface area contributed by atoms with Crippen LogP contribution in [0.25, 0.3) is 0 Å². The smallest absolute Gasteiger partial charge is 0.313 e. The standard InChI is InChI=1S/C22H17F3N2O/c23-16-7-5-15(6-8-16)21-18-4-2-1-3-14(18)11-12-27(21)22(28)26-20-13-17(24)9-10-19(20)25/h1-10,13,21H,11-12H2,(H,26,28)/t21-/m0/s1. The van der Waals surface area contributed by atoms with Crippen LogP contribution < -0.4 is 5.32 Å². The lowest BCUT2D eigenvalue weighted by molar-refractivity contribution is 0.194. The van der Waals surface area contributed by atoms with E-state index in [4.69, 9.17) is 0 Å². The van der Waals surface area contributed by atoms with Gasteiger partial charge in [0.15, 0.2) is 0 Å². The SMILES string of the molecule is O=C(Nc1cc(F)ccc1F)N1CCc2ccccc2[C@@H]1c1ccc(F)cc1. The molecule has 1 N–H and O–H groups in total. The number of carbonyl (C=O) groups excluding carboxylic acids is 1. The van der Waals surface area contributed by atoms with Gasteiger partial charge in [-0.3, -0.25) is 0 Å². The number of hydrogen-bond acceptors (Lipinski definition) is 1. The van der Waals surface area contributed by atoms with Crippen LogP contribution in [0.1, 0.15) is 22.7 Å². The Morgan fingerprint density at radius 3 is 2.43 bits per heavy atom. The number of rotatable bonds is 2. The molecule has 1 aliphatic rings. The molecule has 0 aromatic heterocycles. The summed E-state index contributed by atoms with van der Waals surface area (Å²) >= 11 is 0. The summed E-state index contributed by atoms with van der Waals surface area (Å²) in [5, 5.41) is 2.46. The van der Waals surface area contributed by atoms with Gasteiger partial charge in [0, 0.05) is 12.6 Å². The first-order valence-electron chi connectivity index (χ1n) is 8.89. The van der Waals surface area contributed by atoms with Crippen molar-refractivity contribution >= 4 is 11.7 Å². The van der Waals surface area contributed by atoms with Gasteiger partial charge < -0.3 is 10.2 Å². The van der Waals surface area contributed by atoms with Crippen molar-refractivity contribution in [3.8, 4) is 0 Å². The summed E-state index contributed by atoms with van der Waals surface area (Å²) in [4.78, 5) is 14.5. The summed E-state index contributed by atoms with van der Waals surface area (Å²) < 4.78 is 40.8. The number of carbonyl (C=O) groups is 1. The molecular weight excluding hydrogens is 365 g/mol. The van der Waals surface area contributed by atoms with Crippen LogP contribution in [-0.4, -0.2) is 17.5 Å². The van der Waals surface area contributed by atoms with Gasteiger partial charge >= 0.3 is 6.03 Å². The van der Waals surface area contributed by atoms with Crippen LogP contribution in [-0.2, 0) is 6.42 Å². The average molecular weight is 382 g/mol. The maximum absolute atomic E-state index is 14.0. The van der Waals surface area contributed by atoms with E-state index in [2.05, 4.69) is 5.32 Å². The van der Waals surface area contributed by atoms with Crippen LogP contribution in [0, 0.1) is 17.5 Å². The van der Waals surface area contributed by atoms with Gasteiger partial charge in [-0.15, -0.1) is 0 Å². The van der Waals surface area contributed by atoms with Gasteiger partial charge in [-0.1, -0.05) is 36.4 Å². The minimum atomic E-state index is -0.717. The molecular formula is C22H17F3N2O. The average Bonchev–Trinajstić information content (AvgIpc) is 2.70. The Balaban J connectivity index is 1.71. The van der Waals surface area contributed by atoms with Crippen molar-refractivity contribution in [1.82, 2.24) is 4.90 Å². The van der Waals surface area contributed by atoms with E-state index in [-0.39, 0.29) is 11.5 Å². The van der Waals surface area contributed by atoms with Crippen molar-refractivity contribution < 1.29 is 18.0 Å². The summed E-state index contributed by atoms with van der Waals surface area (Å²) in [5.41, 5.74) is 2.54. The molecule has 6 heteroatoms. The number of urea groups is 1. The highest BCUT2D eigenvalue weighted by Gasteiger charge is 2.32. The monoisotopic (exact) mass is 382 g/mol. The molecule has 0 bridgehead atoms. The summed E-state index contributed by atoms with van der Waals surface area (Å²) in [7, 11) is 0. The van der Waals surface area contributed by atoms with Crippen LogP contribution >= 0.6 is 0 Å². The second-order valence-corrected chi connectivity index (χ2v) is 6.65. The summed E-state index contributed by atoms with van der Waals surface area (Å²) in [6, 6.07) is 15.6. The molecule has 1 atom stereocenters. The fraction of sp³-hybridized carbons (Fsp3) is 0.136. The second kappa shape index (κ2) is 7.38. The van der Waals surface area contributed by atoms with Gasteiger partial charge in [-0.2, -0.15) is 0 Å². The summed E-state index contributed by atoms with van der Waals surface area (Å²) in [6.07, 6.45) is 0.632. The third-order valence-corrected chi connectivity index (χ3v) is 4.90. The van der Waals surface area contributed by atoms with Gasteiger partial charge in [-0.05, 0) is 47.4 Å². The molecule has 1 heterocycles. The first kappa shape index (κ1) is 18.1. The van der Waals surface area contributed by atoms with E-state index < -0.39 is 23.7 Å². The molecule has 2 amide bonds. The third-order valence-electron chi connectivity index (χ3n) is 4.90. The Hall–Kier alpha value is -3.28. The van der Waals surface area contributed by atoms with E-state index in [1.54, 1.807) is 17.0 Å². The Bertz CT molecular complexity index is 1020. The van der Waals surface area contributed by atoms with Crippen molar-refractivity contribution in [3.05, 3.63) is 101 Å². The molecule has 0 spiro atoms. The van der Waals surface area contributed by atoms with Gasteiger partial charge in [0.05, 0.1) is 11.7 Å². The van der Waals surface area contributed by atoms with Crippen LogP contribution in [0.3, 0.4) is 0 Å². The number of hydrogen-bond donors (Lipinski definition) is 1. The van der Waals surface area contributed by atoms with Crippen LogP contribution in [0.15, 0.2) is 66.7 Å². The number of nitrogens with zero attached hydrogens (tertiary/aromatic N) is 1. The Morgan fingerprint density at radius 1 is 0.929 bits per heavy atom. The van der Waals surface area contributed by atoms with Crippen LogP contribution in [0.5, 0.6) is 0 Å². The zero-order valence-corrected chi connectivity index (χ0v) is 14.8. The van der Waals surface area contributed by atoms with E-state index in [9.17, 15) is 18.0 Å². The van der Waals surface area contributed by atoms with Crippen LogP contribution in [0.4, 0.5) is 23.7 Å². The number of amides is 2. The fourth-order valence-corrected chi connectivity index (χ4v) is 3.57.